The summed E-state index contributed by atoms with van der Waals surface area (Å²) in [6, 6.07) is -0.236. The second-order valence-electron chi connectivity index (χ2n) is 4.83. The maximum absolute atomic E-state index is 13.9. The Hall–Kier alpha value is -2.16. The highest BCUT2D eigenvalue weighted by molar-refractivity contribution is 9.10. The van der Waals surface area contributed by atoms with Crippen LogP contribution in [0.2, 0.25) is 0 Å². The monoisotopic (exact) mass is 374 g/mol. The van der Waals surface area contributed by atoms with Gasteiger partial charge in [-0.25, -0.2) is 4.39 Å². The number of nitrogens with zero attached hydrogens (tertiary/aromatic N) is 1. The number of hydrogen-bond donors (Lipinski definition) is 3. The lowest BCUT2D eigenvalue weighted by atomic mass is 10.1. The number of aliphatic carboxylic acids is 1. The van der Waals surface area contributed by atoms with Crippen molar-refractivity contribution in [3.05, 3.63) is 27.5 Å². The molecule has 4 N–H and O–H groups in total. The van der Waals surface area contributed by atoms with Crippen LogP contribution in [0.4, 0.5) is 4.39 Å². The highest BCUT2D eigenvalue weighted by Crippen LogP contribution is 2.38. The zero-order valence-electron chi connectivity index (χ0n) is 11.2. The first-order valence-corrected chi connectivity index (χ1v) is 7.05. The van der Waals surface area contributed by atoms with Crippen molar-refractivity contribution in [2.45, 2.75) is 25.4 Å². The third kappa shape index (κ3) is 2.76. The third-order valence-corrected chi connectivity index (χ3v) is 4.05. The van der Waals surface area contributed by atoms with Crippen LogP contribution in [0, 0.1) is 5.82 Å². The van der Waals surface area contributed by atoms with Gasteiger partial charge in [-0.1, -0.05) is 0 Å². The number of carbonyl (C=O) groups excluding carboxylic acids is 2. The van der Waals surface area contributed by atoms with Gasteiger partial charge in [-0.05, 0) is 28.4 Å². The number of halogens is 2. The molecule has 0 fully saturated rings. The van der Waals surface area contributed by atoms with E-state index in [1.807, 2.05) is 0 Å². The molecule has 2 rings (SSSR count). The molecule has 22 heavy (non-hydrogen) atoms. The zero-order valence-corrected chi connectivity index (χ0v) is 12.8. The molecule has 7 nitrogen and oxygen atoms in total. The minimum atomic E-state index is -1.19. The van der Waals surface area contributed by atoms with Gasteiger partial charge < -0.3 is 20.8 Å². The average Bonchev–Trinajstić information content (AvgIpc) is 2.74. The Morgan fingerprint density at radius 1 is 1.50 bits per heavy atom. The fraction of sp³-hybridized carbons (Fsp3) is 0.308. The first-order valence-electron chi connectivity index (χ1n) is 6.26. The number of carboxylic acid groups (broad SMARTS) is 1. The Labute approximate surface area is 132 Å². The maximum Gasteiger partial charge on any atom is 0.303 e. The number of phenols is 1. The number of hydrogen-bond acceptors (Lipinski definition) is 4. The van der Waals surface area contributed by atoms with E-state index in [-0.39, 0.29) is 40.7 Å². The summed E-state index contributed by atoms with van der Waals surface area (Å²) in [5, 5.41) is 18.6. The molecule has 1 heterocycles. The smallest absolute Gasteiger partial charge is 0.303 e. The van der Waals surface area contributed by atoms with Crippen LogP contribution in [0.1, 0.15) is 28.8 Å². The number of phenolic OH excluding ortho intramolecular Hbond substituents is 1. The molecule has 2 amide bonds. The molecule has 1 atom stereocenters. The molecular weight excluding hydrogens is 363 g/mol. The third-order valence-electron chi connectivity index (χ3n) is 3.45. The Morgan fingerprint density at radius 2 is 2.14 bits per heavy atom. The van der Waals surface area contributed by atoms with E-state index in [1.54, 1.807) is 0 Å². The summed E-state index contributed by atoms with van der Waals surface area (Å²) >= 11 is 2.97. The molecule has 1 aromatic carbocycles. The molecular formula is C13H12BrFN2O5. The van der Waals surface area contributed by atoms with E-state index in [0.29, 0.717) is 0 Å². The molecule has 0 aliphatic carbocycles. The minimum absolute atomic E-state index is 0.0402. The van der Waals surface area contributed by atoms with Crippen LogP contribution < -0.4 is 5.73 Å². The molecule has 0 saturated carbocycles. The quantitative estimate of drug-likeness (QED) is 0.708. The summed E-state index contributed by atoms with van der Waals surface area (Å²) in [4.78, 5) is 35.4. The molecule has 0 saturated heterocycles. The molecule has 1 unspecified atom stereocenters. The van der Waals surface area contributed by atoms with Gasteiger partial charge in [0.25, 0.3) is 5.91 Å². The summed E-state index contributed by atoms with van der Waals surface area (Å²) in [6.45, 7) is -0.219. The van der Waals surface area contributed by atoms with E-state index in [9.17, 15) is 23.9 Å². The van der Waals surface area contributed by atoms with Gasteiger partial charge in [0.2, 0.25) is 5.91 Å². The van der Waals surface area contributed by atoms with Crippen LogP contribution >= 0.6 is 15.9 Å². The second kappa shape index (κ2) is 5.91. The van der Waals surface area contributed by atoms with E-state index < -0.39 is 29.6 Å². The van der Waals surface area contributed by atoms with Crippen LogP contribution in [-0.2, 0) is 16.1 Å². The van der Waals surface area contributed by atoms with Crippen LogP contribution in [-0.4, -0.2) is 38.9 Å². The maximum atomic E-state index is 13.9. The lowest BCUT2D eigenvalue weighted by Crippen LogP contribution is -2.45. The molecule has 0 spiro atoms. The van der Waals surface area contributed by atoms with Crippen LogP contribution in [0.3, 0.4) is 0 Å². The average molecular weight is 375 g/mol. The van der Waals surface area contributed by atoms with Crippen molar-refractivity contribution in [3.63, 3.8) is 0 Å². The highest BCUT2D eigenvalue weighted by Gasteiger charge is 2.39. The van der Waals surface area contributed by atoms with E-state index in [2.05, 4.69) is 15.9 Å². The zero-order chi connectivity index (χ0) is 16.6. The predicted octanol–water partition coefficient (Wildman–Crippen LogP) is 0.968. The minimum Gasteiger partial charge on any atom is -0.506 e. The fourth-order valence-corrected chi connectivity index (χ4v) is 2.83. The Kier molecular flexibility index (Phi) is 4.36. The van der Waals surface area contributed by atoms with E-state index in [4.69, 9.17) is 10.8 Å². The molecule has 0 aromatic heterocycles. The van der Waals surface area contributed by atoms with Crippen molar-refractivity contribution < 1.29 is 29.0 Å². The number of carboxylic acids is 1. The van der Waals surface area contributed by atoms with E-state index in [0.717, 1.165) is 11.0 Å². The number of fused-ring (bicyclic) bond motifs is 1. The van der Waals surface area contributed by atoms with Crippen molar-refractivity contribution in [1.82, 2.24) is 4.90 Å². The number of rotatable bonds is 5. The van der Waals surface area contributed by atoms with Gasteiger partial charge in [-0.3, -0.25) is 14.4 Å². The summed E-state index contributed by atoms with van der Waals surface area (Å²) < 4.78 is 14.0. The second-order valence-corrected chi connectivity index (χ2v) is 5.68. The lowest BCUT2D eigenvalue weighted by Gasteiger charge is -2.24. The molecule has 0 radical (unpaired) electrons. The van der Waals surface area contributed by atoms with E-state index in [1.165, 1.54) is 0 Å². The van der Waals surface area contributed by atoms with Crippen LogP contribution in [0.15, 0.2) is 10.5 Å². The van der Waals surface area contributed by atoms with Gasteiger partial charge >= 0.3 is 5.97 Å². The van der Waals surface area contributed by atoms with Crippen LogP contribution in [0.25, 0.3) is 0 Å². The first-order chi connectivity index (χ1) is 10.2. The van der Waals surface area contributed by atoms with Crippen molar-refractivity contribution in [2.75, 3.05) is 0 Å². The number of nitrogens with two attached hydrogens (primary N) is 1. The number of amides is 2. The molecule has 118 valence electrons. The Balaban J connectivity index is 2.37. The number of aromatic hydroxyl groups is 1. The topological polar surface area (TPSA) is 121 Å². The molecule has 1 aliphatic heterocycles. The van der Waals surface area contributed by atoms with Crippen LogP contribution in [0.5, 0.6) is 5.75 Å². The van der Waals surface area contributed by atoms with E-state index >= 15 is 0 Å². The van der Waals surface area contributed by atoms with Gasteiger partial charge in [0, 0.05) is 12.0 Å². The molecule has 1 aliphatic rings. The summed E-state index contributed by atoms with van der Waals surface area (Å²) in [5.41, 5.74) is 4.92. The molecule has 9 heteroatoms. The van der Waals surface area contributed by atoms with Crippen molar-refractivity contribution in [3.8, 4) is 5.75 Å². The van der Waals surface area contributed by atoms with Gasteiger partial charge in [-0.2, -0.15) is 0 Å². The predicted molar refractivity (Wildman–Crippen MR) is 75.5 cm³/mol. The summed E-state index contributed by atoms with van der Waals surface area (Å²) in [6.07, 6.45) is -0.556. The van der Waals surface area contributed by atoms with Crippen molar-refractivity contribution in [1.29, 1.82) is 0 Å². The van der Waals surface area contributed by atoms with Crippen molar-refractivity contribution in [2.24, 2.45) is 5.73 Å². The number of benzene rings is 1. The summed E-state index contributed by atoms with van der Waals surface area (Å²) in [7, 11) is 0. The largest absolute Gasteiger partial charge is 0.506 e. The molecule has 0 bridgehead atoms. The lowest BCUT2D eigenvalue weighted by molar-refractivity contribution is -0.137. The summed E-state index contributed by atoms with van der Waals surface area (Å²) in [5.74, 6) is -3.97. The van der Waals surface area contributed by atoms with Gasteiger partial charge in [-0.15, -0.1) is 0 Å². The number of carbonyl (C=O) groups is 3. The van der Waals surface area contributed by atoms with Gasteiger partial charge in [0.15, 0.2) is 0 Å². The number of primary amides is 1. The fourth-order valence-electron chi connectivity index (χ4n) is 2.39. The molecule has 1 aromatic rings. The first kappa shape index (κ1) is 16.2. The highest BCUT2D eigenvalue weighted by atomic mass is 79.9. The normalized spacial score (nSPS) is 14.8. The Morgan fingerprint density at radius 3 is 2.68 bits per heavy atom. The van der Waals surface area contributed by atoms with Gasteiger partial charge in [0.05, 0.1) is 16.6 Å². The van der Waals surface area contributed by atoms with Gasteiger partial charge in [0.1, 0.15) is 17.6 Å². The standard InChI is InChI=1S/C13H12BrFN2O5/c14-6-3-7(15)10-5(11(6)20)4-17(13(10)22)8(12(16)21)1-2-9(18)19/h3,8,20H,1-2,4H2,(H2,16,21)(H,18,19). The SMILES string of the molecule is NC(=O)C(CCC(=O)O)N1Cc2c(O)c(Br)cc(F)c2C1=O. The van der Waals surface area contributed by atoms with Crippen molar-refractivity contribution >= 4 is 33.7 Å². The Bertz CT molecular complexity index is 679.